The second kappa shape index (κ2) is 5.75. The molecule has 0 saturated carbocycles. The van der Waals surface area contributed by atoms with E-state index in [0.29, 0.717) is 23.3 Å². The predicted molar refractivity (Wildman–Crippen MR) is 83.9 cm³/mol. The minimum atomic E-state index is -3.69. The van der Waals surface area contributed by atoms with Crippen molar-refractivity contribution in [1.82, 2.24) is 4.31 Å². The number of hydrogen-bond donors (Lipinski definition) is 1. The number of anilines is 1. The molecule has 1 fully saturated rings. The normalized spacial score (nSPS) is 19.4. The SMILES string of the molecule is COc1cc(Br)c(N)cc1S(=O)(=O)N1CCOC(C)(C)C1. The highest BCUT2D eigenvalue weighted by Gasteiger charge is 2.36. The van der Waals surface area contributed by atoms with Crippen molar-refractivity contribution in [3.8, 4) is 5.75 Å². The molecule has 2 rings (SSSR count). The lowest BCUT2D eigenvalue weighted by Crippen LogP contribution is -2.50. The molecule has 6 nitrogen and oxygen atoms in total. The summed E-state index contributed by atoms with van der Waals surface area (Å²) in [5, 5.41) is 0. The lowest BCUT2D eigenvalue weighted by Gasteiger charge is -2.37. The highest BCUT2D eigenvalue weighted by Crippen LogP contribution is 2.35. The largest absolute Gasteiger partial charge is 0.495 e. The molecule has 0 aliphatic carbocycles. The van der Waals surface area contributed by atoms with Gasteiger partial charge >= 0.3 is 0 Å². The van der Waals surface area contributed by atoms with E-state index >= 15 is 0 Å². The molecule has 1 aliphatic heterocycles. The van der Waals surface area contributed by atoms with Crippen molar-refractivity contribution in [3.63, 3.8) is 0 Å². The number of ether oxygens (including phenoxy) is 2. The van der Waals surface area contributed by atoms with Crippen molar-refractivity contribution in [2.24, 2.45) is 0 Å². The molecule has 1 heterocycles. The topological polar surface area (TPSA) is 81.9 Å². The van der Waals surface area contributed by atoms with Crippen LogP contribution in [0.15, 0.2) is 21.5 Å². The number of halogens is 1. The molecule has 0 atom stereocenters. The lowest BCUT2D eigenvalue weighted by atomic mass is 10.1. The second-order valence-electron chi connectivity index (χ2n) is 5.47. The first-order valence-corrected chi connectivity index (χ1v) is 8.68. The molecule has 0 aromatic heterocycles. The van der Waals surface area contributed by atoms with E-state index in [1.165, 1.54) is 17.5 Å². The van der Waals surface area contributed by atoms with E-state index in [0.717, 1.165) is 0 Å². The van der Waals surface area contributed by atoms with Crippen LogP contribution in [0.4, 0.5) is 5.69 Å². The van der Waals surface area contributed by atoms with Crippen molar-refractivity contribution in [3.05, 3.63) is 16.6 Å². The van der Waals surface area contributed by atoms with Crippen LogP contribution in [0.2, 0.25) is 0 Å². The van der Waals surface area contributed by atoms with Crippen molar-refractivity contribution >= 4 is 31.6 Å². The highest BCUT2D eigenvalue weighted by atomic mass is 79.9. The van der Waals surface area contributed by atoms with Crippen LogP contribution in [0.3, 0.4) is 0 Å². The van der Waals surface area contributed by atoms with Gasteiger partial charge in [0.25, 0.3) is 0 Å². The number of nitrogens with two attached hydrogens (primary N) is 1. The Balaban J connectivity index is 2.47. The molecule has 21 heavy (non-hydrogen) atoms. The van der Waals surface area contributed by atoms with Gasteiger partial charge in [-0.1, -0.05) is 0 Å². The summed E-state index contributed by atoms with van der Waals surface area (Å²) in [7, 11) is -2.26. The maximum Gasteiger partial charge on any atom is 0.247 e. The van der Waals surface area contributed by atoms with Gasteiger partial charge in [-0.3, -0.25) is 0 Å². The van der Waals surface area contributed by atoms with Crippen LogP contribution in [0.25, 0.3) is 0 Å². The molecular weight excluding hydrogens is 360 g/mol. The van der Waals surface area contributed by atoms with Gasteiger partial charge in [-0.15, -0.1) is 0 Å². The Hall–Kier alpha value is -0.830. The van der Waals surface area contributed by atoms with E-state index in [-0.39, 0.29) is 17.2 Å². The molecule has 0 amide bonds. The third kappa shape index (κ3) is 3.33. The van der Waals surface area contributed by atoms with E-state index in [4.69, 9.17) is 15.2 Å². The maximum atomic E-state index is 12.8. The van der Waals surface area contributed by atoms with Crippen LogP contribution in [-0.4, -0.2) is 45.1 Å². The highest BCUT2D eigenvalue weighted by molar-refractivity contribution is 9.10. The summed E-state index contributed by atoms with van der Waals surface area (Å²) in [6.07, 6.45) is 0. The zero-order valence-electron chi connectivity index (χ0n) is 12.2. The predicted octanol–water partition coefficient (Wildman–Crippen LogP) is 1.84. The first kappa shape index (κ1) is 16.5. The molecule has 1 saturated heterocycles. The zero-order valence-corrected chi connectivity index (χ0v) is 14.6. The Morgan fingerprint density at radius 1 is 1.43 bits per heavy atom. The van der Waals surface area contributed by atoms with Gasteiger partial charge in [-0.2, -0.15) is 4.31 Å². The number of sulfonamides is 1. The van der Waals surface area contributed by atoms with Crippen molar-refractivity contribution in [1.29, 1.82) is 0 Å². The molecule has 1 aliphatic rings. The van der Waals surface area contributed by atoms with E-state index in [2.05, 4.69) is 15.9 Å². The molecule has 8 heteroatoms. The van der Waals surface area contributed by atoms with Crippen molar-refractivity contribution in [2.45, 2.75) is 24.3 Å². The van der Waals surface area contributed by atoms with Crippen LogP contribution in [0.1, 0.15) is 13.8 Å². The zero-order chi connectivity index (χ0) is 15.8. The molecule has 118 valence electrons. The van der Waals surface area contributed by atoms with Crippen molar-refractivity contribution < 1.29 is 17.9 Å². The standard InChI is InChI=1S/C13H19BrN2O4S/c1-13(2)8-16(4-5-20-13)21(17,18)12-7-10(15)9(14)6-11(12)19-3/h6-7H,4-5,8,15H2,1-3H3. The Morgan fingerprint density at radius 3 is 2.67 bits per heavy atom. The van der Waals surface area contributed by atoms with Crippen LogP contribution in [0.5, 0.6) is 5.75 Å². The van der Waals surface area contributed by atoms with E-state index < -0.39 is 15.6 Å². The molecule has 1 aromatic rings. The first-order chi connectivity index (χ1) is 9.67. The van der Waals surface area contributed by atoms with E-state index in [9.17, 15) is 8.42 Å². The maximum absolute atomic E-state index is 12.8. The van der Waals surface area contributed by atoms with Gasteiger partial charge in [0, 0.05) is 23.2 Å². The minimum absolute atomic E-state index is 0.0726. The van der Waals surface area contributed by atoms with E-state index in [1.807, 2.05) is 13.8 Å². The fraction of sp³-hybridized carbons (Fsp3) is 0.538. The number of methoxy groups -OCH3 is 1. The first-order valence-electron chi connectivity index (χ1n) is 6.44. The van der Waals surface area contributed by atoms with Crippen LogP contribution < -0.4 is 10.5 Å². The fourth-order valence-electron chi connectivity index (χ4n) is 2.23. The monoisotopic (exact) mass is 378 g/mol. The van der Waals surface area contributed by atoms with E-state index in [1.54, 1.807) is 6.07 Å². The Morgan fingerprint density at radius 2 is 2.10 bits per heavy atom. The summed E-state index contributed by atoms with van der Waals surface area (Å²) < 4.78 is 38.4. The Labute approximate surface area is 133 Å². The Bertz CT molecular complexity index is 646. The summed E-state index contributed by atoms with van der Waals surface area (Å²) in [5.41, 5.74) is 5.65. The second-order valence-corrected chi connectivity index (χ2v) is 8.23. The summed E-state index contributed by atoms with van der Waals surface area (Å²) >= 11 is 3.27. The quantitative estimate of drug-likeness (QED) is 0.811. The molecule has 0 spiro atoms. The Kier molecular flexibility index (Phi) is 4.53. The van der Waals surface area contributed by atoms with Gasteiger partial charge in [0.05, 0.1) is 19.3 Å². The molecule has 0 radical (unpaired) electrons. The average molecular weight is 379 g/mol. The number of benzene rings is 1. The number of rotatable bonds is 3. The van der Waals surface area contributed by atoms with Gasteiger partial charge in [0.15, 0.2) is 0 Å². The number of morpholine rings is 1. The summed E-state index contributed by atoms with van der Waals surface area (Å²) in [6.45, 7) is 4.68. The lowest BCUT2D eigenvalue weighted by molar-refractivity contribution is -0.0640. The minimum Gasteiger partial charge on any atom is -0.495 e. The number of nitrogen functional groups attached to an aromatic ring is 1. The molecule has 0 unspecified atom stereocenters. The summed E-state index contributed by atoms with van der Waals surface area (Å²) in [5.74, 6) is 0.264. The van der Waals surface area contributed by atoms with Gasteiger partial charge < -0.3 is 15.2 Å². The summed E-state index contributed by atoms with van der Waals surface area (Å²) in [4.78, 5) is 0.0726. The third-order valence-electron chi connectivity index (χ3n) is 3.29. The molecular formula is C13H19BrN2O4S. The van der Waals surface area contributed by atoms with Gasteiger partial charge in [0.2, 0.25) is 10.0 Å². The fourth-order valence-corrected chi connectivity index (χ4v) is 4.30. The van der Waals surface area contributed by atoms with Gasteiger partial charge in [0.1, 0.15) is 10.6 Å². The van der Waals surface area contributed by atoms with Crippen LogP contribution in [-0.2, 0) is 14.8 Å². The number of hydrogen-bond acceptors (Lipinski definition) is 5. The van der Waals surface area contributed by atoms with Crippen LogP contribution in [0, 0.1) is 0 Å². The van der Waals surface area contributed by atoms with Gasteiger partial charge in [-0.25, -0.2) is 8.42 Å². The molecule has 1 aromatic carbocycles. The average Bonchev–Trinajstić information content (AvgIpc) is 2.40. The van der Waals surface area contributed by atoms with Crippen LogP contribution >= 0.6 is 15.9 Å². The molecule has 2 N–H and O–H groups in total. The number of nitrogens with zero attached hydrogens (tertiary/aromatic N) is 1. The smallest absolute Gasteiger partial charge is 0.247 e. The summed E-state index contributed by atoms with van der Waals surface area (Å²) in [6, 6.07) is 2.98. The van der Waals surface area contributed by atoms with Gasteiger partial charge in [-0.05, 0) is 41.9 Å². The molecule has 0 bridgehead atoms. The third-order valence-corrected chi connectivity index (χ3v) is 5.84. The van der Waals surface area contributed by atoms with Crippen molar-refractivity contribution in [2.75, 3.05) is 32.5 Å².